The molecule has 1 aromatic carbocycles. The Balaban J connectivity index is 1.70. The molecule has 0 atom stereocenters. The third kappa shape index (κ3) is 4.56. The highest BCUT2D eigenvalue weighted by atomic mass is 32.2. The number of amides is 1. The zero-order valence-corrected chi connectivity index (χ0v) is 14.9. The van der Waals surface area contributed by atoms with E-state index < -0.39 is 11.6 Å². The van der Waals surface area contributed by atoms with Crippen LogP contribution in [0.1, 0.15) is 0 Å². The fourth-order valence-corrected chi connectivity index (χ4v) is 3.05. The topological polar surface area (TPSA) is 72.7 Å². The molecular weight excluding hydrogens is 372 g/mol. The van der Waals surface area contributed by atoms with Crippen molar-refractivity contribution >= 4 is 23.4 Å². The van der Waals surface area contributed by atoms with Crippen molar-refractivity contribution in [2.45, 2.75) is 11.7 Å². The number of aromatic nitrogens is 4. The van der Waals surface area contributed by atoms with Crippen LogP contribution >= 0.6 is 11.8 Å². The lowest BCUT2D eigenvalue weighted by molar-refractivity contribution is -0.113. The summed E-state index contributed by atoms with van der Waals surface area (Å²) < 4.78 is 28.0. The van der Waals surface area contributed by atoms with Crippen molar-refractivity contribution in [3.63, 3.8) is 0 Å². The Morgan fingerprint density at radius 3 is 2.81 bits per heavy atom. The highest BCUT2D eigenvalue weighted by Crippen LogP contribution is 2.24. The molecule has 0 radical (unpaired) electrons. The number of carbonyl (C=O) groups excluding carboxylic acids is 1. The zero-order valence-electron chi connectivity index (χ0n) is 14.1. The number of nitrogens with zero attached hydrogens (tertiary/aromatic N) is 4. The molecule has 9 heteroatoms. The summed E-state index contributed by atoms with van der Waals surface area (Å²) in [6.45, 7) is 4.19. The molecule has 27 heavy (non-hydrogen) atoms. The first-order chi connectivity index (χ1) is 13.1. The Bertz CT molecular complexity index is 962. The first-order valence-electron chi connectivity index (χ1n) is 7.90. The molecule has 2 heterocycles. The zero-order chi connectivity index (χ0) is 19.2. The Morgan fingerprint density at radius 1 is 1.26 bits per heavy atom. The van der Waals surface area contributed by atoms with E-state index in [-0.39, 0.29) is 17.3 Å². The molecule has 0 fully saturated rings. The number of rotatable bonds is 7. The van der Waals surface area contributed by atoms with E-state index in [1.807, 2.05) is 10.6 Å². The third-order valence-corrected chi connectivity index (χ3v) is 4.45. The largest absolute Gasteiger partial charge is 0.325 e. The van der Waals surface area contributed by atoms with Crippen molar-refractivity contribution in [1.82, 2.24) is 19.7 Å². The van der Waals surface area contributed by atoms with Gasteiger partial charge in [-0.15, -0.1) is 16.8 Å². The number of benzene rings is 1. The minimum atomic E-state index is -1.02. The molecule has 0 unspecified atom stereocenters. The SMILES string of the molecule is C=CCn1c(SCC(=O)Nc2ccc(F)c(F)c2)nnc1-c1cccnc1. The van der Waals surface area contributed by atoms with Crippen LogP contribution in [-0.4, -0.2) is 31.4 Å². The minimum Gasteiger partial charge on any atom is -0.325 e. The second kappa shape index (κ2) is 8.54. The number of pyridine rings is 1. The summed E-state index contributed by atoms with van der Waals surface area (Å²) in [6.07, 6.45) is 5.04. The van der Waals surface area contributed by atoms with E-state index in [2.05, 4.69) is 27.1 Å². The van der Waals surface area contributed by atoms with Gasteiger partial charge in [-0.05, 0) is 24.3 Å². The van der Waals surface area contributed by atoms with Crippen LogP contribution in [0.25, 0.3) is 11.4 Å². The molecule has 0 aliphatic carbocycles. The number of halogens is 2. The lowest BCUT2D eigenvalue weighted by atomic mass is 10.3. The summed E-state index contributed by atoms with van der Waals surface area (Å²) in [6, 6.07) is 6.84. The second-order valence-electron chi connectivity index (χ2n) is 5.41. The number of carbonyl (C=O) groups is 1. The van der Waals surface area contributed by atoms with Crippen molar-refractivity contribution in [2.75, 3.05) is 11.1 Å². The van der Waals surface area contributed by atoms with E-state index in [1.54, 1.807) is 24.5 Å². The molecule has 2 aromatic heterocycles. The van der Waals surface area contributed by atoms with E-state index in [4.69, 9.17) is 0 Å². The van der Waals surface area contributed by atoms with E-state index in [9.17, 15) is 13.6 Å². The monoisotopic (exact) mass is 387 g/mol. The lowest BCUT2D eigenvalue weighted by Crippen LogP contribution is -2.15. The summed E-state index contributed by atoms with van der Waals surface area (Å²) in [5.41, 5.74) is 0.980. The molecule has 138 valence electrons. The van der Waals surface area contributed by atoms with Crippen LogP contribution in [0, 0.1) is 11.6 Å². The van der Waals surface area contributed by atoms with E-state index in [0.29, 0.717) is 17.5 Å². The van der Waals surface area contributed by atoms with Crippen molar-refractivity contribution in [3.05, 3.63) is 67.0 Å². The number of thioether (sulfide) groups is 1. The quantitative estimate of drug-likeness (QED) is 0.496. The maximum atomic E-state index is 13.2. The number of hydrogen-bond acceptors (Lipinski definition) is 5. The minimum absolute atomic E-state index is 0.0291. The summed E-state index contributed by atoms with van der Waals surface area (Å²) in [7, 11) is 0. The average Bonchev–Trinajstić information content (AvgIpc) is 3.07. The number of anilines is 1. The van der Waals surface area contributed by atoms with Crippen LogP contribution in [0.2, 0.25) is 0 Å². The summed E-state index contributed by atoms with van der Waals surface area (Å²) in [5, 5.41) is 11.3. The van der Waals surface area contributed by atoms with Gasteiger partial charge in [-0.2, -0.15) is 0 Å². The van der Waals surface area contributed by atoms with E-state index in [1.165, 1.54) is 17.8 Å². The molecule has 1 amide bonds. The molecule has 1 N–H and O–H groups in total. The molecule has 0 aliphatic heterocycles. The van der Waals surface area contributed by atoms with Gasteiger partial charge < -0.3 is 5.32 Å². The second-order valence-corrected chi connectivity index (χ2v) is 6.36. The van der Waals surface area contributed by atoms with Crippen LogP contribution in [0.3, 0.4) is 0 Å². The predicted octanol–water partition coefficient (Wildman–Crippen LogP) is 3.54. The molecule has 0 aliphatic rings. The standard InChI is InChI=1S/C18H15F2N5OS/c1-2-8-25-17(12-4-3-7-21-10-12)23-24-18(25)27-11-16(26)22-13-5-6-14(19)15(20)9-13/h2-7,9-10H,1,8,11H2,(H,22,26). The van der Waals surface area contributed by atoms with Crippen molar-refractivity contribution in [2.24, 2.45) is 0 Å². The average molecular weight is 387 g/mol. The van der Waals surface area contributed by atoms with Gasteiger partial charge in [0.25, 0.3) is 0 Å². The van der Waals surface area contributed by atoms with Gasteiger partial charge in [0, 0.05) is 36.3 Å². The Morgan fingerprint density at radius 2 is 2.11 bits per heavy atom. The van der Waals surface area contributed by atoms with Gasteiger partial charge in [0.15, 0.2) is 22.6 Å². The number of nitrogens with one attached hydrogen (secondary N) is 1. The maximum absolute atomic E-state index is 13.2. The van der Waals surface area contributed by atoms with Crippen molar-refractivity contribution < 1.29 is 13.6 Å². The summed E-state index contributed by atoms with van der Waals surface area (Å²) in [5.74, 6) is -1.72. The van der Waals surface area contributed by atoms with Gasteiger partial charge in [-0.3, -0.25) is 14.3 Å². The van der Waals surface area contributed by atoms with Gasteiger partial charge in [0.1, 0.15) is 0 Å². The fraction of sp³-hybridized carbons (Fsp3) is 0.111. The van der Waals surface area contributed by atoms with Gasteiger partial charge in [0.05, 0.1) is 5.75 Å². The van der Waals surface area contributed by atoms with Crippen molar-refractivity contribution in [3.8, 4) is 11.4 Å². The van der Waals surface area contributed by atoms with Gasteiger partial charge in [0.2, 0.25) is 5.91 Å². The number of hydrogen-bond donors (Lipinski definition) is 1. The smallest absolute Gasteiger partial charge is 0.234 e. The third-order valence-electron chi connectivity index (χ3n) is 3.48. The normalized spacial score (nSPS) is 10.6. The molecule has 0 saturated heterocycles. The molecule has 6 nitrogen and oxygen atoms in total. The number of allylic oxidation sites excluding steroid dienone is 1. The van der Waals surface area contributed by atoms with E-state index >= 15 is 0 Å². The van der Waals surface area contributed by atoms with Crippen LogP contribution in [0.15, 0.2) is 60.5 Å². The Kier molecular flexibility index (Phi) is 5.92. The lowest BCUT2D eigenvalue weighted by Gasteiger charge is -2.08. The molecule has 3 rings (SSSR count). The molecule has 0 spiro atoms. The molecule has 3 aromatic rings. The fourth-order valence-electron chi connectivity index (χ4n) is 2.30. The van der Waals surface area contributed by atoms with Crippen LogP contribution in [-0.2, 0) is 11.3 Å². The molecule has 0 bridgehead atoms. The van der Waals surface area contributed by atoms with Gasteiger partial charge >= 0.3 is 0 Å². The first-order valence-corrected chi connectivity index (χ1v) is 8.89. The summed E-state index contributed by atoms with van der Waals surface area (Å²) in [4.78, 5) is 16.2. The van der Waals surface area contributed by atoms with Gasteiger partial charge in [-0.1, -0.05) is 17.8 Å². The highest BCUT2D eigenvalue weighted by Gasteiger charge is 2.15. The molecule has 0 saturated carbocycles. The van der Waals surface area contributed by atoms with Gasteiger partial charge in [-0.25, -0.2) is 8.78 Å². The summed E-state index contributed by atoms with van der Waals surface area (Å²) >= 11 is 1.18. The first kappa shape index (κ1) is 18.7. The highest BCUT2D eigenvalue weighted by molar-refractivity contribution is 7.99. The van der Waals surface area contributed by atoms with E-state index in [0.717, 1.165) is 17.7 Å². The van der Waals surface area contributed by atoms with Crippen LogP contribution in [0.4, 0.5) is 14.5 Å². The Labute approximate surface area is 158 Å². The Hall–Kier alpha value is -3.07. The maximum Gasteiger partial charge on any atom is 0.234 e. The van der Waals surface area contributed by atoms with Crippen LogP contribution < -0.4 is 5.32 Å². The molecular formula is C18H15F2N5OS. The predicted molar refractivity (Wildman–Crippen MR) is 99.2 cm³/mol. The van der Waals surface area contributed by atoms with Crippen molar-refractivity contribution in [1.29, 1.82) is 0 Å². The van der Waals surface area contributed by atoms with Crippen LogP contribution in [0.5, 0.6) is 0 Å².